The minimum atomic E-state index is -5.00. The minimum Gasteiger partial charge on any atom is -0.462 e. The Morgan fingerprint density at radius 3 is 0.910 bits per heavy atom. The summed E-state index contributed by atoms with van der Waals surface area (Å²) in [5, 5.41) is 10.6. The second-order valence-corrected chi connectivity index (χ2v) is 28.1. The molecule has 0 aromatic rings. The molecule has 17 nitrogen and oxygen atoms in total. The molecule has 0 amide bonds. The van der Waals surface area contributed by atoms with Crippen molar-refractivity contribution in [3.8, 4) is 0 Å². The topological polar surface area (TPSA) is 237 Å². The maximum absolute atomic E-state index is 13.1. The molecule has 5 unspecified atom stereocenters. The van der Waals surface area contributed by atoms with Crippen LogP contribution in [0, 0.1) is 0 Å². The molecule has 0 heterocycles. The first-order valence-corrected chi connectivity index (χ1v) is 41.4. The van der Waals surface area contributed by atoms with Crippen molar-refractivity contribution < 1.29 is 80.2 Å². The second kappa shape index (κ2) is 72.5. The number of aliphatic hydroxyl groups is 1. The fourth-order valence-corrected chi connectivity index (χ4v) is 11.4. The van der Waals surface area contributed by atoms with Crippen molar-refractivity contribution in [1.82, 2.24) is 0 Å². The number of phosphoric ester groups is 2. The third-order valence-electron chi connectivity index (χ3n) is 15.6. The quantitative estimate of drug-likeness (QED) is 0.0169. The Labute approximate surface area is 605 Å². The van der Waals surface area contributed by atoms with Gasteiger partial charge in [0, 0.05) is 19.3 Å². The van der Waals surface area contributed by atoms with E-state index >= 15 is 0 Å². The lowest BCUT2D eigenvalue weighted by atomic mass is 10.0. The molecular weight excluding hydrogens is 1310 g/mol. The zero-order valence-corrected chi connectivity index (χ0v) is 64.1. The molecule has 572 valence electrons. The Balaban J connectivity index is 5.44. The summed E-state index contributed by atoms with van der Waals surface area (Å²) in [6.07, 6.45) is 80.4. The number of carbonyl (C=O) groups is 4. The minimum absolute atomic E-state index is 0.0684. The number of unbranched alkanes of at least 4 members (excludes halogenated alkanes) is 24. The average molecular weight is 1440 g/mol. The number of allylic oxidation sites excluding steroid dienone is 21. The third kappa shape index (κ3) is 71.6. The van der Waals surface area contributed by atoms with Gasteiger partial charge in [-0.15, -0.1) is 0 Å². The molecule has 100 heavy (non-hydrogen) atoms. The highest BCUT2D eigenvalue weighted by Crippen LogP contribution is 2.45. The van der Waals surface area contributed by atoms with Gasteiger partial charge in [0.15, 0.2) is 12.2 Å². The van der Waals surface area contributed by atoms with E-state index in [4.69, 9.17) is 37.0 Å². The van der Waals surface area contributed by atoms with Crippen molar-refractivity contribution in [3.63, 3.8) is 0 Å². The third-order valence-corrected chi connectivity index (χ3v) is 17.5. The van der Waals surface area contributed by atoms with Crippen LogP contribution in [-0.2, 0) is 65.4 Å². The summed E-state index contributed by atoms with van der Waals surface area (Å²) in [4.78, 5) is 72.8. The van der Waals surface area contributed by atoms with E-state index in [2.05, 4.69) is 137 Å². The molecule has 5 atom stereocenters. The molecule has 0 rings (SSSR count). The SMILES string of the molecule is CC/C=C\C/C=C\C/C=C\C/C=C\C/C=C\CC(=O)OCC(COP(=O)(O)OCC(O)COP(=O)(O)OCC(COC(=O)CCCCCC/C=C\C/C=C\C/C=C\C/C=C\CC)OC(=O)CCCCCCC/C=C\C/C=C\CCCCC)OC(=O)CCCCCCCCCCCCCCC. The van der Waals surface area contributed by atoms with Crippen LogP contribution in [0.15, 0.2) is 134 Å². The molecule has 0 aliphatic carbocycles. The summed E-state index contributed by atoms with van der Waals surface area (Å²) in [7, 11) is -9.99. The number of ether oxygens (including phenoxy) is 4. The molecule has 0 aliphatic rings. The predicted molar refractivity (Wildman–Crippen MR) is 408 cm³/mol. The Hall–Kier alpha value is -4.80. The first kappa shape index (κ1) is 95.2. The van der Waals surface area contributed by atoms with E-state index in [0.717, 1.165) is 148 Å². The number of carbonyl (C=O) groups excluding carboxylic acids is 4. The molecule has 0 saturated carbocycles. The molecular formula is C81H136O17P2. The van der Waals surface area contributed by atoms with Crippen LogP contribution in [0.25, 0.3) is 0 Å². The Bertz CT molecular complexity index is 2420. The fraction of sp³-hybridized carbons (Fsp3) is 0.679. The zero-order valence-electron chi connectivity index (χ0n) is 62.3. The highest BCUT2D eigenvalue weighted by Gasteiger charge is 2.30. The van der Waals surface area contributed by atoms with Crippen LogP contribution >= 0.6 is 15.6 Å². The summed E-state index contributed by atoms with van der Waals surface area (Å²) in [5.41, 5.74) is 0. The van der Waals surface area contributed by atoms with Crippen molar-refractivity contribution in [2.24, 2.45) is 0 Å². The van der Waals surface area contributed by atoms with E-state index in [9.17, 15) is 43.2 Å². The van der Waals surface area contributed by atoms with Gasteiger partial charge in [0.25, 0.3) is 0 Å². The Kier molecular flexibility index (Phi) is 69.1. The van der Waals surface area contributed by atoms with Crippen molar-refractivity contribution >= 4 is 39.5 Å². The van der Waals surface area contributed by atoms with E-state index < -0.39 is 97.5 Å². The van der Waals surface area contributed by atoms with Gasteiger partial charge >= 0.3 is 39.5 Å². The van der Waals surface area contributed by atoms with Gasteiger partial charge in [-0.25, -0.2) is 9.13 Å². The summed E-state index contributed by atoms with van der Waals surface area (Å²) in [6, 6.07) is 0. The maximum Gasteiger partial charge on any atom is 0.472 e. The van der Waals surface area contributed by atoms with Crippen LogP contribution in [-0.4, -0.2) is 96.7 Å². The van der Waals surface area contributed by atoms with E-state index in [1.54, 1.807) is 6.08 Å². The molecule has 0 spiro atoms. The number of hydrogen-bond donors (Lipinski definition) is 3. The fourth-order valence-electron chi connectivity index (χ4n) is 9.84. The highest BCUT2D eigenvalue weighted by molar-refractivity contribution is 7.47. The van der Waals surface area contributed by atoms with Gasteiger partial charge in [0.05, 0.1) is 32.8 Å². The van der Waals surface area contributed by atoms with Gasteiger partial charge in [-0.3, -0.25) is 37.3 Å². The molecule has 0 saturated heterocycles. The Morgan fingerprint density at radius 1 is 0.300 bits per heavy atom. The van der Waals surface area contributed by atoms with Gasteiger partial charge in [0.2, 0.25) is 0 Å². The van der Waals surface area contributed by atoms with E-state index in [1.165, 1.54) is 70.6 Å². The number of aliphatic hydroxyl groups excluding tert-OH is 1. The summed E-state index contributed by atoms with van der Waals surface area (Å²) < 4.78 is 68.3. The van der Waals surface area contributed by atoms with Crippen molar-refractivity contribution in [3.05, 3.63) is 134 Å². The molecule has 0 fully saturated rings. The summed E-state index contributed by atoms with van der Waals surface area (Å²) in [6.45, 7) is 4.46. The lowest BCUT2D eigenvalue weighted by Crippen LogP contribution is -2.30. The lowest BCUT2D eigenvalue weighted by Gasteiger charge is -2.21. The van der Waals surface area contributed by atoms with Crippen LogP contribution < -0.4 is 0 Å². The number of esters is 4. The van der Waals surface area contributed by atoms with Crippen LogP contribution in [0.5, 0.6) is 0 Å². The molecule has 0 bridgehead atoms. The van der Waals surface area contributed by atoms with Crippen molar-refractivity contribution in [1.29, 1.82) is 0 Å². The molecule has 0 aromatic carbocycles. The number of rotatable bonds is 71. The van der Waals surface area contributed by atoms with Gasteiger partial charge in [-0.1, -0.05) is 283 Å². The first-order chi connectivity index (χ1) is 48.7. The van der Waals surface area contributed by atoms with Gasteiger partial charge < -0.3 is 33.8 Å². The van der Waals surface area contributed by atoms with Crippen molar-refractivity contribution in [2.75, 3.05) is 39.6 Å². The summed E-state index contributed by atoms with van der Waals surface area (Å²) >= 11 is 0. The van der Waals surface area contributed by atoms with E-state index in [1.807, 2.05) is 18.2 Å². The van der Waals surface area contributed by atoms with Crippen molar-refractivity contribution in [2.45, 2.75) is 316 Å². The van der Waals surface area contributed by atoms with E-state index in [-0.39, 0.29) is 25.7 Å². The maximum atomic E-state index is 13.1. The van der Waals surface area contributed by atoms with Crippen LogP contribution in [0.3, 0.4) is 0 Å². The standard InChI is InChI=1S/C81H136O17P2/c1-5-9-13-17-21-25-29-33-36-37-40-43-46-50-54-58-62-66-79(84)92-72-77(98-81(86)68-64-60-56-52-48-44-39-35-31-27-23-19-15-11-7-3)74-96-100(89,90)94-70-75(82)69-93-99(87,88)95-73-76(97-80(85)67-63-59-55-51-47-41-32-28-24-20-16-12-8-4)71-91-78(83)65-61-57-53-49-45-42-38-34-30-26-22-18-14-10-6-2/h9-10,13-14,21-23,25-27,33-36,38-40,43,45,49,57,61,75-77,82H,5-8,11-12,15-20,24,28-32,37,41-42,44,46-48,50-56,58-60,62-74H2,1-4H3,(H,87,88)(H,89,90)/b13-9-,14-10-,25-21-,26-22-,27-23-,36-33-,38-34-,39-35-,43-40-,49-45-,61-57-. The van der Waals surface area contributed by atoms with Gasteiger partial charge in [-0.2, -0.15) is 0 Å². The normalized spacial score (nSPS) is 14.7. The number of hydrogen-bond acceptors (Lipinski definition) is 15. The zero-order chi connectivity index (χ0) is 73.2. The average Bonchev–Trinajstić information content (AvgIpc) is 0.937. The predicted octanol–water partition coefficient (Wildman–Crippen LogP) is 22.1. The molecule has 0 radical (unpaired) electrons. The van der Waals surface area contributed by atoms with Crippen LogP contribution in [0.1, 0.15) is 297 Å². The first-order valence-electron chi connectivity index (χ1n) is 38.4. The molecule has 3 N–H and O–H groups in total. The lowest BCUT2D eigenvalue weighted by molar-refractivity contribution is -0.161. The smallest absolute Gasteiger partial charge is 0.462 e. The number of phosphoric acid groups is 2. The van der Waals surface area contributed by atoms with Crippen LogP contribution in [0.2, 0.25) is 0 Å². The largest absolute Gasteiger partial charge is 0.472 e. The molecule has 0 aliphatic heterocycles. The van der Waals surface area contributed by atoms with Gasteiger partial charge in [-0.05, 0) is 122 Å². The Morgan fingerprint density at radius 2 is 0.560 bits per heavy atom. The summed E-state index contributed by atoms with van der Waals surface area (Å²) in [5.74, 6) is -2.36. The second-order valence-electron chi connectivity index (χ2n) is 25.2. The monoisotopic (exact) mass is 1440 g/mol. The van der Waals surface area contributed by atoms with Gasteiger partial charge in [0.1, 0.15) is 19.3 Å². The molecule has 0 aromatic heterocycles. The molecule has 19 heteroatoms. The highest BCUT2D eigenvalue weighted by atomic mass is 31.2. The van der Waals surface area contributed by atoms with Crippen LogP contribution in [0.4, 0.5) is 0 Å². The van der Waals surface area contributed by atoms with E-state index in [0.29, 0.717) is 25.7 Å².